The molecule has 94 valence electrons. The van der Waals surface area contributed by atoms with E-state index < -0.39 is 0 Å². The summed E-state index contributed by atoms with van der Waals surface area (Å²) in [6.45, 7) is 2.11. The van der Waals surface area contributed by atoms with Crippen LogP contribution in [0.5, 0.6) is 5.88 Å². The molecule has 1 aliphatic rings. The van der Waals surface area contributed by atoms with Gasteiger partial charge in [-0.15, -0.1) is 0 Å². The van der Waals surface area contributed by atoms with Gasteiger partial charge in [0.05, 0.1) is 12.6 Å². The summed E-state index contributed by atoms with van der Waals surface area (Å²) in [7, 11) is 1.61. The van der Waals surface area contributed by atoms with E-state index in [4.69, 9.17) is 15.2 Å². The Kier molecular flexibility index (Phi) is 3.81. The minimum atomic E-state index is -0.0649. The van der Waals surface area contributed by atoms with Crippen LogP contribution in [0.15, 0.2) is 18.3 Å². The first kappa shape index (κ1) is 12.1. The third-order valence-electron chi connectivity index (χ3n) is 3.19. The molecule has 0 spiro atoms. The lowest BCUT2D eigenvalue weighted by molar-refractivity contribution is 0.0628. The van der Waals surface area contributed by atoms with Crippen LogP contribution in [-0.2, 0) is 4.74 Å². The van der Waals surface area contributed by atoms with E-state index in [2.05, 4.69) is 10.3 Å². The molecule has 1 aliphatic heterocycles. The summed E-state index contributed by atoms with van der Waals surface area (Å²) in [6.07, 6.45) is 3.58. The first-order valence-electron chi connectivity index (χ1n) is 5.84. The number of nitrogens with two attached hydrogens (primary N) is 1. The number of rotatable bonds is 4. The fourth-order valence-corrected chi connectivity index (χ4v) is 2.05. The molecule has 0 atom stereocenters. The lowest BCUT2D eigenvalue weighted by atomic mass is 9.90. The van der Waals surface area contributed by atoms with Crippen LogP contribution in [0, 0.1) is 0 Å². The highest BCUT2D eigenvalue weighted by molar-refractivity contribution is 5.47. The number of nitrogens with one attached hydrogen (secondary N) is 1. The lowest BCUT2D eigenvalue weighted by Gasteiger charge is -2.37. The highest BCUT2D eigenvalue weighted by atomic mass is 16.5. The predicted molar refractivity (Wildman–Crippen MR) is 66.3 cm³/mol. The molecule has 1 aromatic rings. The van der Waals surface area contributed by atoms with E-state index in [1.54, 1.807) is 13.3 Å². The molecule has 5 nitrogen and oxygen atoms in total. The maximum atomic E-state index is 5.89. The molecule has 0 saturated carbocycles. The molecule has 0 amide bonds. The summed E-state index contributed by atoms with van der Waals surface area (Å²) in [4.78, 5) is 4.08. The van der Waals surface area contributed by atoms with Crippen molar-refractivity contribution >= 4 is 5.69 Å². The Balaban J connectivity index is 2.11. The molecule has 3 N–H and O–H groups in total. The zero-order chi connectivity index (χ0) is 12.1. The minimum Gasteiger partial charge on any atom is -0.481 e. The van der Waals surface area contributed by atoms with Gasteiger partial charge in [-0.2, -0.15) is 0 Å². The third kappa shape index (κ3) is 2.87. The maximum Gasteiger partial charge on any atom is 0.214 e. The average molecular weight is 237 g/mol. The van der Waals surface area contributed by atoms with Crippen LogP contribution < -0.4 is 15.8 Å². The van der Waals surface area contributed by atoms with Crippen molar-refractivity contribution in [3.8, 4) is 5.88 Å². The van der Waals surface area contributed by atoms with E-state index in [-0.39, 0.29) is 5.54 Å². The summed E-state index contributed by atoms with van der Waals surface area (Å²) in [6, 6.07) is 3.81. The van der Waals surface area contributed by atoms with E-state index >= 15 is 0 Å². The monoisotopic (exact) mass is 237 g/mol. The van der Waals surface area contributed by atoms with Crippen molar-refractivity contribution in [3.63, 3.8) is 0 Å². The Hall–Kier alpha value is -1.33. The molecule has 5 heteroatoms. The normalized spacial score (nSPS) is 18.7. The van der Waals surface area contributed by atoms with E-state index in [9.17, 15) is 0 Å². The van der Waals surface area contributed by atoms with Gasteiger partial charge in [0.15, 0.2) is 0 Å². The van der Waals surface area contributed by atoms with Crippen molar-refractivity contribution in [2.24, 2.45) is 5.73 Å². The van der Waals surface area contributed by atoms with Crippen LogP contribution in [0.4, 0.5) is 5.69 Å². The average Bonchev–Trinajstić information content (AvgIpc) is 2.40. The molecule has 1 aromatic heterocycles. The number of aromatic nitrogens is 1. The van der Waals surface area contributed by atoms with Gasteiger partial charge in [0.1, 0.15) is 0 Å². The summed E-state index contributed by atoms with van der Waals surface area (Å²) in [5, 5.41) is 3.49. The van der Waals surface area contributed by atoms with Gasteiger partial charge in [-0.05, 0) is 18.9 Å². The number of ether oxygens (including phenoxy) is 2. The van der Waals surface area contributed by atoms with Gasteiger partial charge < -0.3 is 20.5 Å². The SMILES string of the molecule is COc1cc(NC2(CN)CCOCC2)ccn1. The number of anilines is 1. The van der Waals surface area contributed by atoms with Crippen LogP contribution >= 0.6 is 0 Å². The molecule has 0 radical (unpaired) electrons. The quantitative estimate of drug-likeness (QED) is 0.818. The second kappa shape index (κ2) is 5.33. The second-order valence-electron chi connectivity index (χ2n) is 4.31. The van der Waals surface area contributed by atoms with Crippen LogP contribution in [0.25, 0.3) is 0 Å². The molecular weight excluding hydrogens is 218 g/mol. The zero-order valence-corrected chi connectivity index (χ0v) is 10.1. The molecule has 0 unspecified atom stereocenters. The second-order valence-corrected chi connectivity index (χ2v) is 4.31. The van der Waals surface area contributed by atoms with E-state index in [1.165, 1.54) is 0 Å². The molecule has 1 fully saturated rings. The molecule has 0 bridgehead atoms. The summed E-state index contributed by atoms with van der Waals surface area (Å²) in [5.74, 6) is 0.606. The number of nitrogens with zero attached hydrogens (tertiary/aromatic N) is 1. The van der Waals surface area contributed by atoms with Crippen LogP contribution in [0.3, 0.4) is 0 Å². The fourth-order valence-electron chi connectivity index (χ4n) is 2.05. The molecule has 17 heavy (non-hydrogen) atoms. The molecule has 0 aliphatic carbocycles. The number of hydrogen-bond acceptors (Lipinski definition) is 5. The van der Waals surface area contributed by atoms with Gasteiger partial charge in [-0.25, -0.2) is 4.98 Å². The van der Waals surface area contributed by atoms with Gasteiger partial charge >= 0.3 is 0 Å². The lowest BCUT2D eigenvalue weighted by Crippen LogP contribution is -2.49. The van der Waals surface area contributed by atoms with Crippen molar-refractivity contribution in [1.29, 1.82) is 0 Å². The third-order valence-corrected chi connectivity index (χ3v) is 3.19. The Labute approximate surface area is 101 Å². The summed E-state index contributed by atoms with van der Waals surface area (Å²) < 4.78 is 10.5. The highest BCUT2D eigenvalue weighted by Crippen LogP contribution is 2.26. The van der Waals surface area contributed by atoms with Crippen LogP contribution in [0.1, 0.15) is 12.8 Å². The van der Waals surface area contributed by atoms with E-state index in [0.717, 1.165) is 31.7 Å². The van der Waals surface area contributed by atoms with Crippen LogP contribution in [-0.4, -0.2) is 37.4 Å². The number of pyridine rings is 1. The number of methoxy groups -OCH3 is 1. The van der Waals surface area contributed by atoms with Crippen LogP contribution in [0.2, 0.25) is 0 Å². The van der Waals surface area contributed by atoms with Crippen molar-refractivity contribution in [1.82, 2.24) is 4.98 Å². The number of hydrogen-bond donors (Lipinski definition) is 2. The fraction of sp³-hybridized carbons (Fsp3) is 0.583. The van der Waals surface area contributed by atoms with Gasteiger partial charge in [0, 0.05) is 37.7 Å². The van der Waals surface area contributed by atoms with Gasteiger partial charge in [-0.3, -0.25) is 0 Å². The standard InChI is InChI=1S/C12H19N3O2/c1-16-11-8-10(2-5-14-11)15-12(9-13)3-6-17-7-4-12/h2,5,8H,3-4,6-7,9,13H2,1H3,(H,14,15). The highest BCUT2D eigenvalue weighted by Gasteiger charge is 2.30. The first-order valence-corrected chi connectivity index (χ1v) is 5.84. The van der Waals surface area contributed by atoms with Crippen molar-refractivity contribution in [2.75, 3.05) is 32.2 Å². The Bertz CT molecular complexity index is 365. The van der Waals surface area contributed by atoms with Gasteiger partial charge in [0.2, 0.25) is 5.88 Å². The molecule has 1 saturated heterocycles. The van der Waals surface area contributed by atoms with Crippen molar-refractivity contribution in [3.05, 3.63) is 18.3 Å². The minimum absolute atomic E-state index is 0.0649. The maximum absolute atomic E-state index is 5.89. The molecule has 2 heterocycles. The van der Waals surface area contributed by atoms with Crippen molar-refractivity contribution in [2.45, 2.75) is 18.4 Å². The van der Waals surface area contributed by atoms with Crippen molar-refractivity contribution < 1.29 is 9.47 Å². The topological polar surface area (TPSA) is 69.4 Å². The van der Waals surface area contributed by atoms with Gasteiger partial charge in [0.25, 0.3) is 0 Å². The largest absolute Gasteiger partial charge is 0.481 e. The predicted octanol–water partition coefficient (Wildman–Crippen LogP) is 1.01. The summed E-state index contributed by atoms with van der Waals surface area (Å²) in [5.41, 5.74) is 6.82. The van der Waals surface area contributed by atoms with E-state index in [0.29, 0.717) is 12.4 Å². The van der Waals surface area contributed by atoms with Gasteiger partial charge in [-0.1, -0.05) is 0 Å². The first-order chi connectivity index (χ1) is 8.28. The zero-order valence-electron chi connectivity index (χ0n) is 10.1. The smallest absolute Gasteiger partial charge is 0.214 e. The molecule has 0 aromatic carbocycles. The van der Waals surface area contributed by atoms with E-state index in [1.807, 2.05) is 12.1 Å². The Morgan fingerprint density at radius 1 is 1.53 bits per heavy atom. The summed E-state index contributed by atoms with van der Waals surface area (Å²) >= 11 is 0. The Morgan fingerprint density at radius 3 is 2.94 bits per heavy atom. The molecular formula is C12H19N3O2. The molecule has 2 rings (SSSR count). The Morgan fingerprint density at radius 2 is 2.29 bits per heavy atom.